The SMILES string of the molecule is CN1CCN(C)C1C=NO. The van der Waals surface area contributed by atoms with E-state index < -0.39 is 0 Å². The van der Waals surface area contributed by atoms with Crippen molar-refractivity contribution in [1.82, 2.24) is 9.80 Å². The van der Waals surface area contributed by atoms with E-state index in [4.69, 9.17) is 5.21 Å². The normalized spacial score (nSPS) is 25.0. The van der Waals surface area contributed by atoms with Gasteiger partial charge in [0.25, 0.3) is 0 Å². The van der Waals surface area contributed by atoms with Gasteiger partial charge in [-0.3, -0.25) is 9.80 Å². The predicted octanol–water partition coefficient (Wildman–Crippen LogP) is -0.350. The van der Waals surface area contributed by atoms with Gasteiger partial charge in [0.05, 0.1) is 6.21 Å². The fraction of sp³-hybridized carbons (Fsp3) is 0.833. The molecule has 0 bridgehead atoms. The van der Waals surface area contributed by atoms with Gasteiger partial charge in [0.2, 0.25) is 0 Å². The maximum atomic E-state index is 8.28. The Labute approximate surface area is 60.7 Å². The highest BCUT2D eigenvalue weighted by Crippen LogP contribution is 2.06. The van der Waals surface area contributed by atoms with Gasteiger partial charge in [0.15, 0.2) is 0 Å². The summed E-state index contributed by atoms with van der Waals surface area (Å²) in [5.74, 6) is 0. The number of oxime groups is 1. The van der Waals surface area contributed by atoms with Crippen LogP contribution in [0.3, 0.4) is 0 Å². The molecule has 0 aromatic rings. The molecular formula is C6H13N3O. The van der Waals surface area contributed by atoms with Crippen molar-refractivity contribution in [2.45, 2.75) is 6.17 Å². The number of nitrogens with zero attached hydrogens (tertiary/aromatic N) is 3. The summed E-state index contributed by atoms with van der Waals surface area (Å²) >= 11 is 0. The Hall–Kier alpha value is -0.610. The number of likely N-dealkylation sites (N-methyl/N-ethyl adjacent to an activating group) is 2. The summed E-state index contributed by atoms with van der Waals surface area (Å²) in [5.41, 5.74) is 0. The molecule has 58 valence electrons. The van der Waals surface area contributed by atoms with Crippen molar-refractivity contribution in [2.24, 2.45) is 5.16 Å². The van der Waals surface area contributed by atoms with Gasteiger partial charge in [0, 0.05) is 13.1 Å². The molecule has 1 saturated heterocycles. The summed E-state index contributed by atoms with van der Waals surface area (Å²) in [6.45, 7) is 2.07. The summed E-state index contributed by atoms with van der Waals surface area (Å²) in [5, 5.41) is 11.3. The Morgan fingerprint density at radius 1 is 1.40 bits per heavy atom. The Balaban J connectivity index is 2.54. The van der Waals surface area contributed by atoms with E-state index in [2.05, 4.69) is 15.0 Å². The van der Waals surface area contributed by atoms with Crippen LogP contribution in [0, 0.1) is 0 Å². The third-order valence-electron chi connectivity index (χ3n) is 1.91. The van der Waals surface area contributed by atoms with Crippen molar-refractivity contribution in [2.75, 3.05) is 27.2 Å². The minimum atomic E-state index is 0.171. The molecule has 0 amide bonds. The lowest BCUT2D eigenvalue weighted by Gasteiger charge is -2.19. The van der Waals surface area contributed by atoms with Crippen LogP contribution in [0.5, 0.6) is 0 Å². The lowest BCUT2D eigenvalue weighted by atomic mass is 10.5. The van der Waals surface area contributed by atoms with Crippen molar-refractivity contribution in [3.05, 3.63) is 0 Å². The Bertz CT molecular complexity index is 127. The summed E-state index contributed by atoms with van der Waals surface area (Å²) in [4.78, 5) is 4.25. The van der Waals surface area contributed by atoms with E-state index in [1.807, 2.05) is 14.1 Å². The molecule has 1 aliphatic heterocycles. The molecule has 0 atom stereocenters. The van der Waals surface area contributed by atoms with Gasteiger partial charge in [-0.1, -0.05) is 5.16 Å². The summed E-state index contributed by atoms with van der Waals surface area (Å²) in [6, 6.07) is 0. The topological polar surface area (TPSA) is 39.1 Å². The molecule has 4 nitrogen and oxygen atoms in total. The standard InChI is InChI=1S/C6H13N3O/c1-8-3-4-9(2)6(8)5-7-10/h5-6,10H,3-4H2,1-2H3. The van der Waals surface area contributed by atoms with Crippen LogP contribution in [0.15, 0.2) is 5.16 Å². The van der Waals surface area contributed by atoms with Crippen LogP contribution >= 0.6 is 0 Å². The second kappa shape index (κ2) is 2.98. The Kier molecular flexibility index (Phi) is 2.24. The second-order valence-electron chi connectivity index (χ2n) is 2.64. The van der Waals surface area contributed by atoms with Crippen LogP contribution in [0.4, 0.5) is 0 Å². The van der Waals surface area contributed by atoms with Gasteiger partial charge in [-0.05, 0) is 14.1 Å². The molecule has 0 aromatic heterocycles. The van der Waals surface area contributed by atoms with Gasteiger partial charge in [0.1, 0.15) is 6.17 Å². The summed E-state index contributed by atoms with van der Waals surface area (Å²) < 4.78 is 0. The van der Waals surface area contributed by atoms with Gasteiger partial charge in [-0.15, -0.1) is 0 Å². The van der Waals surface area contributed by atoms with Gasteiger partial charge in [-0.2, -0.15) is 0 Å². The molecule has 4 heteroatoms. The highest BCUT2D eigenvalue weighted by molar-refractivity contribution is 5.63. The third kappa shape index (κ3) is 1.27. The number of rotatable bonds is 1. The smallest absolute Gasteiger partial charge is 0.102 e. The lowest BCUT2D eigenvalue weighted by molar-refractivity contribution is 0.249. The van der Waals surface area contributed by atoms with E-state index in [1.54, 1.807) is 0 Å². The highest BCUT2D eigenvalue weighted by atomic mass is 16.4. The highest BCUT2D eigenvalue weighted by Gasteiger charge is 2.24. The maximum Gasteiger partial charge on any atom is 0.102 e. The Morgan fingerprint density at radius 2 is 1.90 bits per heavy atom. The van der Waals surface area contributed by atoms with Crippen molar-refractivity contribution < 1.29 is 5.21 Å². The minimum absolute atomic E-state index is 0.171. The van der Waals surface area contributed by atoms with E-state index >= 15 is 0 Å². The monoisotopic (exact) mass is 143 g/mol. The summed E-state index contributed by atoms with van der Waals surface area (Å²) in [7, 11) is 4.02. The average molecular weight is 143 g/mol. The average Bonchev–Trinajstić information content (AvgIpc) is 2.20. The van der Waals surface area contributed by atoms with E-state index in [1.165, 1.54) is 6.21 Å². The first-order chi connectivity index (χ1) is 4.75. The zero-order valence-corrected chi connectivity index (χ0v) is 6.36. The van der Waals surface area contributed by atoms with Crippen LogP contribution in [-0.4, -0.2) is 54.6 Å². The zero-order chi connectivity index (χ0) is 7.56. The van der Waals surface area contributed by atoms with Crippen LogP contribution in [0.2, 0.25) is 0 Å². The molecule has 0 aliphatic carbocycles. The van der Waals surface area contributed by atoms with Gasteiger partial charge < -0.3 is 5.21 Å². The molecule has 0 unspecified atom stereocenters. The fourth-order valence-electron chi connectivity index (χ4n) is 1.20. The second-order valence-corrected chi connectivity index (χ2v) is 2.64. The molecule has 10 heavy (non-hydrogen) atoms. The van der Waals surface area contributed by atoms with Crippen LogP contribution in [-0.2, 0) is 0 Å². The molecule has 0 aromatic carbocycles. The molecule has 0 spiro atoms. The molecule has 1 aliphatic rings. The van der Waals surface area contributed by atoms with E-state index in [0.29, 0.717) is 0 Å². The van der Waals surface area contributed by atoms with E-state index in [-0.39, 0.29) is 6.17 Å². The van der Waals surface area contributed by atoms with E-state index in [9.17, 15) is 0 Å². The minimum Gasteiger partial charge on any atom is -0.411 e. The molecule has 1 rings (SSSR count). The third-order valence-corrected chi connectivity index (χ3v) is 1.91. The molecule has 0 radical (unpaired) electrons. The van der Waals surface area contributed by atoms with Crippen molar-refractivity contribution in [1.29, 1.82) is 0 Å². The van der Waals surface area contributed by atoms with Crippen molar-refractivity contribution in [3.8, 4) is 0 Å². The first-order valence-electron chi connectivity index (χ1n) is 3.33. The van der Waals surface area contributed by atoms with Crippen molar-refractivity contribution >= 4 is 6.21 Å². The molecule has 1 N–H and O–H groups in total. The molecule has 1 fully saturated rings. The fourth-order valence-corrected chi connectivity index (χ4v) is 1.20. The van der Waals surface area contributed by atoms with Crippen molar-refractivity contribution in [3.63, 3.8) is 0 Å². The van der Waals surface area contributed by atoms with Crippen LogP contribution in [0.25, 0.3) is 0 Å². The largest absolute Gasteiger partial charge is 0.411 e. The van der Waals surface area contributed by atoms with E-state index in [0.717, 1.165) is 13.1 Å². The molecular weight excluding hydrogens is 130 g/mol. The van der Waals surface area contributed by atoms with Gasteiger partial charge in [-0.25, -0.2) is 0 Å². The predicted molar refractivity (Wildman–Crippen MR) is 39.3 cm³/mol. The van der Waals surface area contributed by atoms with Gasteiger partial charge >= 0.3 is 0 Å². The first-order valence-corrected chi connectivity index (χ1v) is 3.33. The van der Waals surface area contributed by atoms with Crippen LogP contribution in [0.1, 0.15) is 0 Å². The lowest BCUT2D eigenvalue weighted by Crippen LogP contribution is -2.35. The molecule has 0 saturated carbocycles. The quantitative estimate of drug-likeness (QED) is 0.310. The zero-order valence-electron chi connectivity index (χ0n) is 6.36. The number of hydrogen-bond acceptors (Lipinski definition) is 4. The first kappa shape index (κ1) is 7.50. The number of hydrogen-bond donors (Lipinski definition) is 1. The maximum absolute atomic E-state index is 8.28. The summed E-state index contributed by atoms with van der Waals surface area (Å²) in [6.07, 6.45) is 1.71. The van der Waals surface area contributed by atoms with Crippen LogP contribution < -0.4 is 0 Å². The molecule has 1 heterocycles. The Morgan fingerprint density at radius 3 is 2.30 bits per heavy atom.